The van der Waals surface area contributed by atoms with Crippen molar-refractivity contribution in [3.8, 4) is 0 Å². The molecule has 4 nitrogen and oxygen atoms in total. The fraction of sp³-hybridized carbons (Fsp3) is 0.562. The zero-order valence-electron chi connectivity index (χ0n) is 13.4. The van der Waals surface area contributed by atoms with E-state index in [4.69, 9.17) is 0 Å². The van der Waals surface area contributed by atoms with Crippen LogP contribution in [0.5, 0.6) is 0 Å². The molecule has 1 amide bonds. The molecule has 1 fully saturated rings. The standard InChI is InChI=1S/C16H22F3N3O/c1-21-5-3-12(10-21)22(2)6-4-16(23)20-9-11-7-14(18)15(19)8-13(11)17/h7-8,12H,3-6,9-10H2,1-2H3,(H,20,23)/t12-/m1/s1. The number of rotatable bonds is 6. The molecule has 1 saturated heterocycles. The minimum absolute atomic E-state index is 0.0666. The van der Waals surface area contributed by atoms with Gasteiger partial charge in [0, 0.05) is 43.7 Å². The minimum atomic E-state index is -1.24. The quantitative estimate of drug-likeness (QED) is 0.808. The van der Waals surface area contributed by atoms with Crippen molar-refractivity contribution >= 4 is 5.91 Å². The number of likely N-dealkylation sites (N-methyl/N-ethyl adjacent to an activating group) is 2. The number of amides is 1. The second kappa shape index (κ2) is 7.79. The molecular formula is C16H22F3N3O. The van der Waals surface area contributed by atoms with Gasteiger partial charge in [0.05, 0.1) is 0 Å². The van der Waals surface area contributed by atoms with E-state index in [1.165, 1.54) is 0 Å². The van der Waals surface area contributed by atoms with Crippen LogP contribution in [-0.2, 0) is 11.3 Å². The molecule has 1 aliphatic rings. The third kappa shape index (κ3) is 4.94. The number of nitrogens with one attached hydrogen (secondary N) is 1. The highest BCUT2D eigenvalue weighted by Gasteiger charge is 2.23. The van der Waals surface area contributed by atoms with Crippen LogP contribution >= 0.6 is 0 Å². The molecule has 1 atom stereocenters. The lowest BCUT2D eigenvalue weighted by Gasteiger charge is -2.23. The Labute approximate surface area is 134 Å². The van der Waals surface area contributed by atoms with Crippen LogP contribution in [0.1, 0.15) is 18.4 Å². The number of hydrogen-bond donors (Lipinski definition) is 1. The molecule has 23 heavy (non-hydrogen) atoms. The van der Waals surface area contributed by atoms with Crippen molar-refractivity contribution in [2.45, 2.75) is 25.4 Å². The molecular weight excluding hydrogens is 307 g/mol. The predicted molar refractivity (Wildman–Crippen MR) is 81.3 cm³/mol. The second-order valence-corrected chi connectivity index (χ2v) is 6.07. The van der Waals surface area contributed by atoms with Crippen LogP contribution in [0.15, 0.2) is 12.1 Å². The maximum Gasteiger partial charge on any atom is 0.221 e. The molecule has 0 radical (unpaired) electrons. The fourth-order valence-corrected chi connectivity index (χ4v) is 2.71. The summed E-state index contributed by atoms with van der Waals surface area (Å²) in [4.78, 5) is 16.2. The summed E-state index contributed by atoms with van der Waals surface area (Å²) in [5.41, 5.74) is -0.0666. The van der Waals surface area contributed by atoms with Crippen molar-refractivity contribution < 1.29 is 18.0 Å². The zero-order chi connectivity index (χ0) is 17.0. The third-order valence-electron chi connectivity index (χ3n) is 4.25. The van der Waals surface area contributed by atoms with Gasteiger partial charge in [-0.05, 0) is 33.1 Å². The number of carbonyl (C=O) groups excluding carboxylic acids is 1. The Hall–Kier alpha value is -1.60. The van der Waals surface area contributed by atoms with E-state index in [0.717, 1.165) is 25.6 Å². The molecule has 128 valence electrons. The van der Waals surface area contributed by atoms with E-state index in [1.807, 2.05) is 7.05 Å². The van der Waals surface area contributed by atoms with Gasteiger partial charge in [-0.2, -0.15) is 0 Å². The van der Waals surface area contributed by atoms with Crippen molar-refractivity contribution in [1.29, 1.82) is 0 Å². The van der Waals surface area contributed by atoms with E-state index in [2.05, 4.69) is 22.2 Å². The third-order valence-corrected chi connectivity index (χ3v) is 4.25. The van der Waals surface area contributed by atoms with Gasteiger partial charge in [-0.1, -0.05) is 0 Å². The predicted octanol–water partition coefficient (Wildman–Crippen LogP) is 1.75. The number of hydrogen-bond acceptors (Lipinski definition) is 3. The largest absolute Gasteiger partial charge is 0.352 e. The Kier molecular flexibility index (Phi) is 6.01. The summed E-state index contributed by atoms with van der Waals surface area (Å²) in [7, 11) is 4.04. The average molecular weight is 329 g/mol. The monoisotopic (exact) mass is 329 g/mol. The van der Waals surface area contributed by atoms with Crippen LogP contribution in [0.3, 0.4) is 0 Å². The van der Waals surface area contributed by atoms with Gasteiger partial charge in [0.25, 0.3) is 0 Å². The lowest BCUT2D eigenvalue weighted by atomic mass is 10.2. The molecule has 1 N–H and O–H groups in total. The highest BCUT2D eigenvalue weighted by atomic mass is 19.2. The summed E-state index contributed by atoms with van der Waals surface area (Å²) in [5, 5.41) is 2.54. The van der Waals surface area contributed by atoms with Gasteiger partial charge in [0.1, 0.15) is 5.82 Å². The van der Waals surface area contributed by atoms with Gasteiger partial charge in [0.2, 0.25) is 5.91 Å². The SMILES string of the molecule is CN1CC[C@@H](N(C)CCC(=O)NCc2cc(F)c(F)cc2F)C1. The highest BCUT2D eigenvalue weighted by Crippen LogP contribution is 2.14. The Morgan fingerprint density at radius 1 is 1.30 bits per heavy atom. The lowest BCUT2D eigenvalue weighted by molar-refractivity contribution is -0.121. The Bertz CT molecular complexity index is 568. The van der Waals surface area contributed by atoms with Crippen LogP contribution in [0.4, 0.5) is 13.2 Å². The number of likely N-dealkylation sites (tertiary alicyclic amines) is 1. The van der Waals surface area contributed by atoms with E-state index in [9.17, 15) is 18.0 Å². The topological polar surface area (TPSA) is 35.6 Å². The smallest absolute Gasteiger partial charge is 0.221 e. The molecule has 0 aromatic heterocycles. The number of benzene rings is 1. The van der Waals surface area contributed by atoms with Gasteiger partial charge >= 0.3 is 0 Å². The molecule has 1 aliphatic heterocycles. The zero-order valence-corrected chi connectivity index (χ0v) is 13.4. The number of halogens is 3. The first-order chi connectivity index (χ1) is 10.9. The summed E-state index contributed by atoms with van der Waals surface area (Å²) in [5.74, 6) is -3.47. The average Bonchev–Trinajstić information content (AvgIpc) is 2.93. The van der Waals surface area contributed by atoms with E-state index in [0.29, 0.717) is 18.7 Å². The summed E-state index contributed by atoms with van der Waals surface area (Å²) in [6.45, 7) is 2.48. The summed E-state index contributed by atoms with van der Waals surface area (Å²) < 4.78 is 39.4. The Morgan fingerprint density at radius 2 is 2.00 bits per heavy atom. The molecule has 0 unspecified atom stereocenters. The molecule has 1 aromatic rings. The molecule has 0 bridgehead atoms. The molecule has 0 aliphatic carbocycles. The second-order valence-electron chi connectivity index (χ2n) is 6.07. The summed E-state index contributed by atoms with van der Waals surface area (Å²) in [6, 6.07) is 1.70. The van der Waals surface area contributed by atoms with Crippen molar-refractivity contribution in [1.82, 2.24) is 15.1 Å². The first-order valence-corrected chi connectivity index (χ1v) is 7.65. The van der Waals surface area contributed by atoms with Gasteiger partial charge in [-0.3, -0.25) is 4.79 Å². The Morgan fingerprint density at radius 3 is 2.65 bits per heavy atom. The van der Waals surface area contributed by atoms with Gasteiger partial charge in [-0.25, -0.2) is 13.2 Å². The number of carbonyl (C=O) groups is 1. The Balaban J connectivity index is 1.76. The molecule has 0 spiro atoms. The van der Waals surface area contributed by atoms with Crippen molar-refractivity contribution in [3.63, 3.8) is 0 Å². The molecule has 7 heteroatoms. The maximum absolute atomic E-state index is 13.5. The van der Waals surface area contributed by atoms with Gasteiger partial charge < -0.3 is 15.1 Å². The van der Waals surface area contributed by atoms with Crippen LogP contribution in [0.25, 0.3) is 0 Å². The van der Waals surface area contributed by atoms with E-state index in [1.54, 1.807) is 0 Å². The maximum atomic E-state index is 13.5. The summed E-state index contributed by atoms with van der Waals surface area (Å²) >= 11 is 0. The lowest BCUT2D eigenvalue weighted by Crippen LogP contribution is -2.36. The fourth-order valence-electron chi connectivity index (χ4n) is 2.71. The van der Waals surface area contributed by atoms with Gasteiger partial charge in [0.15, 0.2) is 11.6 Å². The van der Waals surface area contributed by atoms with Crippen LogP contribution in [-0.4, -0.2) is 55.5 Å². The minimum Gasteiger partial charge on any atom is -0.352 e. The first-order valence-electron chi connectivity index (χ1n) is 7.65. The highest BCUT2D eigenvalue weighted by molar-refractivity contribution is 5.76. The van der Waals surface area contributed by atoms with Crippen LogP contribution in [0, 0.1) is 17.5 Å². The van der Waals surface area contributed by atoms with Crippen molar-refractivity contribution in [2.24, 2.45) is 0 Å². The summed E-state index contributed by atoms with van der Waals surface area (Å²) in [6.07, 6.45) is 1.36. The van der Waals surface area contributed by atoms with Crippen LogP contribution in [0.2, 0.25) is 0 Å². The van der Waals surface area contributed by atoms with Gasteiger partial charge in [-0.15, -0.1) is 0 Å². The van der Waals surface area contributed by atoms with E-state index >= 15 is 0 Å². The molecule has 2 rings (SSSR count). The first kappa shape index (κ1) is 17.7. The van der Waals surface area contributed by atoms with E-state index in [-0.39, 0.29) is 24.4 Å². The van der Waals surface area contributed by atoms with Crippen molar-refractivity contribution in [2.75, 3.05) is 33.7 Å². The number of nitrogens with zero attached hydrogens (tertiary/aromatic N) is 2. The normalized spacial score (nSPS) is 18.6. The van der Waals surface area contributed by atoms with Crippen LogP contribution < -0.4 is 5.32 Å². The van der Waals surface area contributed by atoms with Crippen molar-refractivity contribution in [3.05, 3.63) is 35.1 Å². The van der Waals surface area contributed by atoms with E-state index < -0.39 is 17.5 Å². The molecule has 0 saturated carbocycles. The molecule has 1 heterocycles. The molecule has 1 aromatic carbocycles.